The van der Waals surface area contributed by atoms with E-state index in [1.165, 1.54) is 18.3 Å². The number of carboxylic acids is 1. The Balaban J connectivity index is 1.94. The molecule has 1 aliphatic rings. The van der Waals surface area contributed by atoms with E-state index in [0.717, 1.165) is 19.3 Å². The van der Waals surface area contributed by atoms with Gasteiger partial charge in [-0.2, -0.15) is 0 Å². The monoisotopic (exact) mass is 265 g/mol. The zero-order valence-corrected chi connectivity index (χ0v) is 10.3. The molecule has 102 valence electrons. The van der Waals surface area contributed by atoms with Crippen LogP contribution in [-0.4, -0.2) is 27.5 Å². The number of rotatable bonds is 6. The van der Waals surface area contributed by atoms with E-state index in [1.54, 1.807) is 0 Å². The van der Waals surface area contributed by atoms with Crippen LogP contribution < -0.4 is 5.32 Å². The molecule has 0 bridgehead atoms. The van der Waals surface area contributed by atoms with E-state index in [-0.39, 0.29) is 17.5 Å². The standard InChI is InChI=1S/C12H15N3O4/c16-11(17)6-12(4-1-5-12)8-14-10-3-2-9(7-13-10)15(18)19/h2-3,7H,1,4-6,8H2,(H,13,14)(H,16,17). The van der Waals surface area contributed by atoms with E-state index in [2.05, 4.69) is 10.3 Å². The van der Waals surface area contributed by atoms with Gasteiger partial charge < -0.3 is 10.4 Å². The van der Waals surface area contributed by atoms with Gasteiger partial charge in [0.05, 0.1) is 11.3 Å². The van der Waals surface area contributed by atoms with Crippen LogP contribution in [0.5, 0.6) is 0 Å². The fourth-order valence-corrected chi connectivity index (χ4v) is 2.29. The van der Waals surface area contributed by atoms with Gasteiger partial charge >= 0.3 is 5.97 Å². The second-order valence-electron chi connectivity index (χ2n) is 4.94. The largest absolute Gasteiger partial charge is 0.481 e. The Morgan fingerprint density at radius 2 is 2.26 bits per heavy atom. The molecule has 0 aliphatic heterocycles. The molecule has 1 saturated carbocycles. The number of carbonyl (C=O) groups is 1. The topological polar surface area (TPSA) is 105 Å². The second-order valence-corrected chi connectivity index (χ2v) is 4.94. The summed E-state index contributed by atoms with van der Waals surface area (Å²) in [6.07, 6.45) is 4.15. The minimum absolute atomic E-state index is 0.0607. The molecule has 0 atom stereocenters. The molecule has 19 heavy (non-hydrogen) atoms. The van der Waals surface area contributed by atoms with Gasteiger partial charge in [0.2, 0.25) is 0 Å². The summed E-state index contributed by atoms with van der Waals surface area (Å²) in [5, 5.41) is 22.4. The Labute approximate surface area is 109 Å². The zero-order valence-electron chi connectivity index (χ0n) is 10.3. The van der Waals surface area contributed by atoms with Crippen molar-refractivity contribution in [2.24, 2.45) is 5.41 Å². The number of pyridine rings is 1. The lowest BCUT2D eigenvalue weighted by atomic mass is 9.66. The van der Waals surface area contributed by atoms with Crippen molar-refractivity contribution in [3.63, 3.8) is 0 Å². The van der Waals surface area contributed by atoms with Gasteiger partial charge in [-0.25, -0.2) is 4.98 Å². The summed E-state index contributed by atoms with van der Waals surface area (Å²) >= 11 is 0. The molecule has 0 spiro atoms. The molecule has 0 saturated heterocycles. The van der Waals surface area contributed by atoms with Gasteiger partial charge in [-0.1, -0.05) is 6.42 Å². The van der Waals surface area contributed by atoms with Gasteiger partial charge in [0.1, 0.15) is 12.0 Å². The maximum atomic E-state index is 10.8. The minimum atomic E-state index is -0.793. The summed E-state index contributed by atoms with van der Waals surface area (Å²) in [5.74, 6) is -0.263. The van der Waals surface area contributed by atoms with Crippen LogP contribution in [0.1, 0.15) is 25.7 Å². The van der Waals surface area contributed by atoms with Crippen molar-refractivity contribution in [2.75, 3.05) is 11.9 Å². The first-order valence-corrected chi connectivity index (χ1v) is 6.07. The van der Waals surface area contributed by atoms with Gasteiger partial charge in [-0.05, 0) is 24.3 Å². The fourth-order valence-electron chi connectivity index (χ4n) is 2.29. The van der Waals surface area contributed by atoms with Crippen molar-refractivity contribution in [3.05, 3.63) is 28.4 Å². The number of anilines is 1. The molecule has 0 aromatic carbocycles. The number of aromatic nitrogens is 1. The maximum absolute atomic E-state index is 10.8. The van der Waals surface area contributed by atoms with Crippen molar-refractivity contribution >= 4 is 17.5 Å². The molecule has 1 fully saturated rings. The number of aliphatic carboxylic acids is 1. The van der Waals surface area contributed by atoms with E-state index in [4.69, 9.17) is 5.11 Å². The van der Waals surface area contributed by atoms with Crippen molar-refractivity contribution in [3.8, 4) is 0 Å². The molecule has 2 rings (SSSR count). The van der Waals surface area contributed by atoms with Crippen LogP contribution >= 0.6 is 0 Å². The highest BCUT2D eigenvalue weighted by molar-refractivity contribution is 5.68. The quantitative estimate of drug-likeness (QED) is 0.602. The first-order chi connectivity index (χ1) is 9.01. The Morgan fingerprint density at radius 1 is 1.53 bits per heavy atom. The maximum Gasteiger partial charge on any atom is 0.303 e. The van der Waals surface area contributed by atoms with Crippen LogP contribution in [0.2, 0.25) is 0 Å². The normalized spacial score (nSPS) is 16.4. The van der Waals surface area contributed by atoms with Gasteiger partial charge in [0.15, 0.2) is 0 Å². The Morgan fingerprint density at radius 3 is 2.68 bits per heavy atom. The van der Waals surface area contributed by atoms with Crippen LogP contribution in [-0.2, 0) is 4.79 Å². The number of nitro groups is 1. The Kier molecular flexibility index (Phi) is 3.64. The Hall–Kier alpha value is -2.18. The number of hydrogen-bond acceptors (Lipinski definition) is 5. The third kappa shape index (κ3) is 3.18. The lowest BCUT2D eigenvalue weighted by Crippen LogP contribution is -2.38. The second kappa shape index (κ2) is 5.21. The van der Waals surface area contributed by atoms with Crippen LogP contribution in [0.15, 0.2) is 18.3 Å². The van der Waals surface area contributed by atoms with E-state index < -0.39 is 10.9 Å². The lowest BCUT2D eigenvalue weighted by molar-refractivity contribution is -0.385. The average molecular weight is 265 g/mol. The van der Waals surface area contributed by atoms with E-state index in [0.29, 0.717) is 12.4 Å². The average Bonchev–Trinajstić information content (AvgIpc) is 2.32. The smallest absolute Gasteiger partial charge is 0.303 e. The number of hydrogen-bond donors (Lipinski definition) is 2. The molecule has 2 N–H and O–H groups in total. The highest BCUT2D eigenvalue weighted by Crippen LogP contribution is 2.43. The van der Waals surface area contributed by atoms with Crippen molar-refractivity contribution in [2.45, 2.75) is 25.7 Å². The van der Waals surface area contributed by atoms with Crippen LogP contribution in [0, 0.1) is 15.5 Å². The summed E-state index contributed by atoms with van der Waals surface area (Å²) in [5.41, 5.74) is -0.260. The summed E-state index contributed by atoms with van der Waals surface area (Å²) in [7, 11) is 0. The first kappa shape index (κ1) is 13.3. The molecule has 0 amide bonds. The fraction of sp³-hybridized carbons (Fsp3) is 0.500. The summed E-state index contributed by atoms with van der Waals surface area (Å²) in [4.78, 5) is 24.7. The van der Waals surface area contributed by atoms with Crippen LogP contribution in [0.25, 0.3) is 0 Å². The number of nitrogens with one attached hydrogen (secondary N) is 1. The van der Waals surface area contributed by atoms with Crippen molar-refractivity contribution < 1.29 is 14.8 Å². The SMILES string of the molecule is O=C(O)CC1(CNc2ccc([N+](=O)[O-])cn2)CCC1. The molecule has 0 unspecified atom stereocenters. The highest BCUT2D eigenvalue weighted by Gasteiger charge is 2.38. The summed E-state index contributed by atoms with van der Waals surface area (Å²) < 4.78 is 0. The van der Waals surface area contributed by atoms with Gasteiger partial charge in [0, 0.05) is 12.6 Å². The third-order valence-electron chi connectivity index (χ3n) is 3.54. The highest BCUT2D eigenvalue weighted by atomic mass is 16.6. The molecule has 1 aromatic heterocycles. The molecule has 0 radical (unpaired) electrons. The molecule has 1 aliphatic carbocycles. The van der Waals surface area contributed by atoms with Crippen molar-refractivity contribution in [1.29, 1.82) is 0 Å². The Bertz CT molecular complexity index is 482. The van der Waals surface area contributed by atoms with E-state index >= 15 is 0 Å². The first-order valence-electron chi connectivity index (χ1n) is 6.07. The molecule has 1 aromatic rings. The summed E-state index contributed by atoms with van der Waals surface area (Å²) in [6, 6.07) is 2.91. The molecule has 1 heterocycles. The van der Waals surface area contributed by atoms with E-state index in [9.17, 15) is 14.9 Å². The van der Waals surface area contributed by atoms with Crippen molar-refractivity contribution in [1.82, 2.24) is 4.98 Å². The van der Waals surface area contributed by atoms with Gasteiger partial charge in [-0.3, -0.25) is 14.9 Å². The van der Waals surface area contributed by atoms with Gasteiger partial charge in [0.25, 0.3) is 5.69 Å². The minimum Gasteiger partial charge on any atom is -0.481 e. The molecule has 7 heteroatoms. The lowest BCUT2D eigenvalue weighted by Gasteiger charge is -2.41. The van der Waals surface area contributed by atoms with Crippen LogP contribution in [0.3, 0.4) is 0 Å². The van der Waals surface area contributed by atoms with Gasteiger partial charge in [-0.15, -0.1) is 0 Å². The number of nitrogens with zero attached hydrogens (tertiary/aromatic N) is 2. The number of carboxylic acid groups (broad SMARTS) is 1. The van der Waals surface area contributed by atoms with Crippen LogP contribution in [0.4, 0.5) is 11.5 Å². The zero-order chi connectivity index (χ0) is 13.9. The summed E-state index contributed by atoms with van der Waals surface area (Å²) in [6.45, 7) is 0.532. The predicted molar refractivity (Wildman–Crippen MR) is 67.9 cm³/mol. The predicted octanol–water partition coefficient (Wildman–Crippen LogP) is 2.05. The third-order valence-corrected chi connectivity index (χ3v) is 3.54. The molecule has 7 nitrogen and oxygen atoms in total. The van der Waals surface area contributed by atoms with E-state index in [1.807, 2.05) is 0 Å². The molecular formula is C12H15N3O4. The molecular weight excluding hydrogens is 250 g/mol.